The van der Waals surface area contributed by atoms with Gasteiger partial charge in [-0.15, -0.1) is 6.58 Å². The summed E-state index contributed by atoms with van der Waals surface area (Å²) in [6.07, 6.45) is 1.65. The van der Waals surface area contributed by atoms with E-state index in [1.165, 1.54) is 0 Å². The Labute approximate surface area is 56.1 Å². The predicted molar refractivity (Wildman–Crippen MR) is 37.3 cm³/mol. The second kappa shape index (κ2) is 4.53. The molecule has 54 valence electrons. The molecule has 0 radical (unpaired) electrons. The van der Waals surface area contributed by atoms with Gasteiger partial charge in [-0.2, -0.15) is 0 Å². The molecule has 2 nitrogen and oxygen atoms in total. The first-order chi connectivity index (χ1) is 4.20. The van der Waals surface area contributed by atoms with E-state index in [0.717, 1.165) is 0 Å². The molecule has 0 aliphatic heterocycles. The molecule has 1 N–H and O–H groups in total. The zero-order chi connectivity index (χ0) is 7.28. The molecular weight excluding hydrogens is 116 g/mol. The van der Waals surface area contributed by atoms with Gasteiger partial charge in [-0.1, -0.05) is 6.08 Å². The molecule has 0 saturated carbocycles. The lowest BCUT2D eigenvalue weighted by atomic mass is 10.3. The minimum atomic E-state index is -0.0852. The van der Waals surface area contributed by atoms with E-state index in [4.69, 9.17) is 9.84 Å². The van der Waals surface area contributed by atoms with Crippen LogP contribution in [-0.2, 0) is 4.74 Å². The molecular formula is C7H14O2. The van der Waals surface area contributed by atoms with Crippen LogP contribution in [0.2, 0.25) is 0 Å². The van der Waals surface area contributed by atoms with Crippen molar-refractivity contribution in [2.75, 3.05) is 6.61 Å². The summed E-state index contributed by atoms with van der Waals surface area (Å²) >= 11 is 0. The zero-order valence-corrected chi connectivity index (χ0v) is 6.00. The van der Waals surface area contributed by atoms with Gasteiger partial charge in [0, 0.05) is 0 Å². The second-order valence-corrected chi connectivity index (χ2v) is 2.07. The van der Waals surface area contributed by atoms with Gasteiger partial charge >= 0.3 is 0 Å². The van der Waals surface area contributed by atoms with Crippen molar-refractivity contribution < 1.29 is 9.84 Å². The van der Waals surface area contributed by atoms with Gasteiger partial charge in [0.1, 0.15) is 0 Å². The number of hydrogen-bond acceptors (Lipinski definition) is 2. The smallest absolute Gasteiger partial charge is 0.0785 e. The summed E-state index contributed by atoms with van der Waals surface area (Å²) in [5, 5.41) is 8.52. The summed E-state index contributed by atoms with van der Waals surface area (Å²) in [5.74, 6) is 0. The highest BCUT2D eigenvalue weighted by molar-refractivity contribution is 4.75. The van der Waals surface area contributed by atoms with Crippen LogP contribution in [0.15, 0.2) is 12.7 Å². The normalized spacial score (nSPS) is 16.8. The van der Waals surface area contributed by atoms with Gasteiger partial charge in [-0.25, -0.2) is 0 Å². The Morgan fingerprint density at radius 1 is 1.67 bits per heavy atom. The third kappa shape index (κ3) is 4.18. The first-order valence-corrected chi connectivity index (χ1v) is 3.09. The van der Waals surface area contributed by atoms with Crippen molar-refractivity contribution >= 4 is 0 Å². The number of rotatable bonds is 4. The van der Waals surface area contributed by atoms with Crippen LogP contribution in [0.4, 0.5) is 0 Å². The minimum Gasteiger partial charge on any atom is -0.394 e. The van der Waals surface area contributed by atoms with Crippen molar-refractivity contribution in [2.24, 2.45) is 0 Å². The maximum atomic E-state index is 8.52. The van der Waals surface area contributed by atoms with Crippen molar-refractivity contribution in [1.29, 1.82) is 0 Å². The summed E-state index contributed by atoms with van der Waals surface area (Å²) in [5.41, 5.74) is 0. The molecule has 9 heavy (non-hydrogen) atoms. The van der Waals surface area contributed by atoms with Crippen molar-refractivity contribution in [3.63, 3.8) is 0 Å². The minimum absolute atomic E-state index is 0.0344. The first-order valence-electron chi connectivity index (χ1n) is 3.09. The Balaban J connectivity index is 3.33. The third-order valence-corrected chi connectivity index (χ3v) is 1.04. The average molecular weight is 130 g/mol. The number of aliphatic hydroxyl groups is 1. The highest BCUT2D eigenvalue weighted by Crippen LogP contribution is 1.96. The third-order valence-electron chi connectivity index (χ3n) is 1.04. The maximum absolute atomic E-state index is 8.52. The molecule has 0 aromatic heterocycles. The van der Waals surface area contributed by atoms with Gasteiger partial charge in [-0.05, 0) is 13.8 Å². The van der Waals surface area contributed by atoms with Gasteiger partial charge in [0.2, 0.25) is 0 Å². The van der Waals surface area contributed by atoms with Gasteiger partial charge in [0.15, 0.2) is 0 Å². The summed E-state index contributed by atoms with van der Waals surface area (Å²) < 4.78 is 5.18. The van der Waals surface area contributed by atoms with E-state index < -0.39 is 0 Å². The van der Waals surface area contributed by atoms with Crippen molar-refractivity contribution in [2.45, 2.75) is 26.1 Å². The monoisotopic (exact) mass is 130 g/mol. The fourth-order valence-electron chi connectivity index (χ4n) is 0.465. The Morgan fingerprint density at radius 3 is 2.56 bits per heavy atom. The van der Waals surface area contributed by atoms with Crippen molar-refractivity contribution in [1.82, 2.24) is 0 Å². The highest BCUT2D eigenvalue weighted by Gasteiger charge is 2.01. The Morgan fingerprint density at radius 2 is 2.22 bits per heavy atom. The van der Waals surface area contributed by atoms with E-state index in [0.29, 0.717) is 0 Å². The SMILES string of the molecule is C=CC(C)OC(C)CO. The lowest BCUT2D eigenvalue weighted by Crippen LogP contribution is -2.18. The largest absolute Gasteiger partial charge is 0.394 e. The molecule has 0 bridgehead atoms. The summed E-state index contributed by atoms with van der Waals surface area (Å²) in [6, 6.07) is 0. The molecule has 0 heterocycles. The molecule has 0 spiro atoms. The van der Waals surface area contributed by atoms with E-state index in [1.54, 1.807) is 6.08 Å². The lowest BCUT2D eigenvalue weighted by molar-refractivity contribution is 0.000297. The summed E-state index contributed by atoms with van der Waals surface area (Å²) in [4.78, 5) is 0. The molecule has 0 saturated heterocycles. The van der Waals surface area contributed by atoms with E-state index in [-0.39, 0.29) is 18.8 Å². The van der Waals surface area contributed by atoms with Crippen LogP contribution in [0.25, 0.3) is 0 Å². The number of hydrogen-bond donors (Lipinski definition) is 1. The molecule has 0 rings (SSSR count). The molecule has 0 aromatic carbocycles. The van der Waals surface area contributed by atoms with E-state index in [2.05, 4.69) is 6.58 Å². The molecule has 2 heteroatoms. The fraction of sp³-hybridized carbons (Fsp3) is 0.714. The molecule has 0 amide bonds. The van der Waals surface area contributed by atoms with Crippen molar-refractivity contribution in [3.8, 4) is 0 Å². The Kier molecular flexibility index (Phi) is 4.36. The quantitative estimate of drug-likeness (QED) is 0.574. The van der Waals surface area contributed by atoms with Crippen LogP contribution in [0.3, 0.4) is 0 Å². The highest BCUT2D eigenvalue weighted by atomic mass is 16.5. The average Bonchev–Trinajstić information content (AvgIpc) is 1.87. The molecule has 0 fully saturated rings. The van der Waals surface area contributed by atoms with Crippen LogP contribution in [0.1, 0.15) is 13.8 Å². The van der Waals surface area contributed by atoms with Gasteiger partial charge in [-0.3, -0.25) is 0 Å². The first kappa shape index (κ1) is 8.66. The number of ether oxygens (including phenoxy) is 1. The van der Waals surface area contributed by atoms with Gasteiger partial charge in [0.25, 0.3) is 0 Å². The Bertz CT molecular complexity index is 81.0. The van der Waals surface area contributed by atoms with Crippen LogP contribution in [-0.4, -0.2) is 23.9 Å². The molecule has 0 aliphatic carbocycles. The fourth-order valence-corrected chi connectivity index (χ4v) is 0.465. The van der Waals surface area contributed by atoms with Crippen LogP contribution in [0.5, 0.6) is 0 Å². The zero-order valence-electron chi connectivity index (χ0n) is 6.00. The summed E-state index contributed by atoms with van der Waals surface area (Å²) in [7, 11) is 0. The van der Waals surface area contributed by atoms with E-state index in [1.807, 2.05) is 13.8 Å². The standard InChI is InChI=1S/C7H14O2/c1-4-6(2)9-7(3)5-8/h4,6-8H,1,5H2,2-3H3. The van der Waals surface area contributed by atoms with Gasteiger partial charge < -0.3 is 9.84 Å². The molecule has 2 unspecified atom stereocenters. The van der Waals surface area contributed by atoms with Crippen molar-refractivity contribution in [3.05, 3.63) is 12.7 Å². The molecule has 2 atom stereocenters. The predicted octanol–water partition coefficient (Wildman–Crippen LogP) is 0.958. The van der Waals surface area contributed by atoms with Crippen LogP contribution >= 0.6 is 0 Å². The molecule has 0 aromatic rings. The Hall–Kier alpha value is -0.340. The van der Waals surface area contributed by atoms with E-state index in [9.17, 15) is 0 Å². The summed E-state index contributed by atoms with van der Waals surface area (Å²) in [6.45, 7) is 7.32. The van der Waals surface area contributed by atoms with Crippen LogP contribution in [0, 0.1) is 0 Å². The lowest BCUT2D eigenvalue weighted by Gasteiger charge is -2.12. The van der Waals surface area contributed by atoms with Gasteiger partial charge in [0.05, 0.1) is 18.8 Å². The number of aliphatic hydroxyl groups excluding tert-OH is 1. The molecule has 0 aliphatic rings. The van der Waals surface area contributed by atoms with Crippen LogP contribution < -0.4 is 0 Å². The van der Waals surface area contributed by atoms with E-state index >= 15 is 0 Å². The topological polar surface area (TPSA) is 29.5 Å². The second-order valence-electron chi connectivity index (χ2n) is 2.07. The maximum Gasteiger partial charge on any atom is 0.0785 e.